The van der Waals surface area contributed by atoms with Gasteiger partial charge in [-0.1, -0.05) is 27.2 Å². The zero-order chi connectivity index (χ0) is 13.1. The largest absolute Gasteiger partial charge is 0.463 e. The lowest BCUT2D eigenvalue weighted by Gasteiger charge is -2.27. The summed E-state index contributed by atoms with van der Waals surface area (Å²) in [5.41, 5.74) is 5.16. The topological polar surface area (TPSA) is 61.5 Å². The summed E-state index contributed by atoms with van der Waals surface area (Å²) in [7, 11) is 0. The van der Waals surface area contributed by atoms with Gasteiger partial charge >= 0.3 is 5.97 Å². The molecule has 0 bridgehead atoms. The summed E-state index contributed by atoms with van der Waals surface area (Å²) in [6, 6.07) is 0. The van der Waals surface area contributed by atoms with Crippen molar-refractivity contribution in [1.29, 1.82) is 0 Å². The second-order valence-corrected chi connectivity index (χ2v) is 4.29. The van der Waals surface area contributed by atoms with Crippen LogP contribution in [-0.2, 0) is 14.3 Å². The van der Waals surface area contributed by atoms with Crippen LogP contribution >= 0.6 is 0 Å². The summed E-state index contributed by atoms with van der Waals surface area (Å²) in [6.07, 6.45) is 3.59. The standard InChI is InChI=1S/C13H27NO3/c1-4-7-8-16-9-10-17-12(15)13(5-2,6-3)11-14/h4-11,14H2,1-3H3. The van der Waals surface area contributed by atoms with Crippen molar-refractivity contribution in [3.05, 3.63) is 0 Å². The lowest BCUT2D eigenvalue weighted by molar-refractivity contribution is -0.157. The molecule has 0 fully saturated rings. The molecule has 102 valence electrons. The van der Waals surface area contributed by atoms with Crippen LogP contribution < -0.4 is 5.73 Å². The summed E-state index contributed by atoms with van der Waals surface area (Å²) < 4.78 is 10.5. The lowest BCUT2D eigenvalue weighted by atomic mass is 9.82. The van der Waals surface area contributed by atoms with Gasteiger partial charge in [-0.15, -0.1) is 0 Å². The van der Waals surface area contributed by atoms with Gasteiger partial charge in [0.1, 0.15) is 6.61 Å². The molecule has 0 aromatic rings. The Hall–Kier alpha value is -0.610. The highest BCUT2D eigenvalue weighted by Gasteiger charge is 2.34. The monoisotopic (exact) mass is 245 g/mol. The fraction of sp³-hybridized carbons (Fsp3) is 0.923. The van der Waals surface area contributed by atoms with Crippen LogP contribution in [0.1, 0.15) is 46.5 Å². The molecular weight excluding hydrogens is 218 g/mol. The zero-order valence-electron chi connectivity index (χ0n) is 11.5. The Bertz CT molecular complexity index is 195. The maximum Gasteiger partial charge on any atom is 0.313 e. The van der Waals surface area contributed by atoms with E-state index in [4.69, 9.17) is 15.2 Å². The molecule has 0 saturated heterocycles. The first kappa shape index (κ1) is 16.4. The number of unbranched alkanes of at least 4 members (excludes halogenated alkanes) is 1. The van der Waals surface area contributed by atoms with Crippen LogP contribution in [0, 0.1) is 5.41 Å². The molecule has 0 aromatic carbocycles. The number of esters is 1. The van der Waals surface area contributed by atoms with E-state index in [0.29, 0.717) is 19.8 Å². The Kier molecular flexibility index (Phi) is 9.09. The fourth-order valence-electron chi connectivity index (χ4n) is 1.61. The second-order valence-electron chi connectivity index (χ2n) is 4.29. The lowest BCUT2D eigenvalue weighted by Crippen LogP contribution is -2.39. The molecule has 0 spiro atoms. The third kappa shape index (κ3) is 5.50. The van der Waals surface area contributed by atoms with E-state index in [-0.39, 0.29) is 5.97 Å². The molecule has 0 saturated carbocycles. The van der Waals surface area contributed by atoms with Gasteiger partial charge in [-0.05, 0) is 19.3 Å². The number of carbonyl (C=O) groups is 1. The summed E-state index contributed by atoms with van der Waals surface area (Å²) in [6.45, 7) is 7.92. The Morgan fingerprint density at radius 1 is 1.12 bits per heavy atom. The first-order valence-electron chi connectivity index (χ1n) is 6.61. The molecule has 17 heavy (non-hydrogen) atoms. The van der Waals surface area contributed by atoms with E-state index >= 15 is 0 Å². The van der Waals surface area contributed by atoms with Gasteiger partial charge < -0.3 is 15.2 Å². The highest BCUT2D eigenvalue weighted by atomic mass is 16.6. The average Bonchev–Trinajstić information content (AvgIpc) is 2.36. The summed E-state index contributed by atoms with van der Waals surface area (Å²) in [5, 5.41) is 0. The van der Waals surface area contributed by atoms with Crippen molar-refractivity contribution in [3.63, 3.8) is 0 Å². The molecule has 2 N–H and O–H groups in total. The molecule has 0 amide bonds. The number of hydrogen-bond acceptors (Lipinski definition) is 4. The second kappa shape index (κ2) is 9.42. The van der Waals surface area contributed by atoms with E-state index in [1.165, 1.54) is 0 Å². The summed E-state index contributed by atoms with van der Waals surface area (Å²) >= 11 is 0. The predicted molar refractivity (Wildman–Crippen MR) is 68.8 cm³/mol. The van der Waals surface area contributed by atoms with Gasteiger partial charge in [0.2, 0.25) is 0 Å². The highest BCUT2D eigenvalue weighted by Crippen LogP contribution is 2.26. The molecule has 0 heterocycles. The highest BCUT2D eigenvalue weighted by molar-refractivity contribution is 5.77. The first-order valence-corrected chi connectivity index (χ1v) is 6.61. The molecule has 4 heteroatoms. The third-order valence-corrected chi connectivity index (χ3v) is 3.28. The number of rotatable bonds is 10. The van der Waals surface area contributed by atoms with Gasteiger partial charge in [-0.2, -0.15) is 0 Å². The fourth-order valence-corrected chi connectivity index (χ4v) is 1.61. The van der Waals surface area contributed by atoms with Gasteiger partial charge in [0.05, 0.1) is 12.0 Å². The molecule has 0 radical (unpaired) electrons. The Labute approximate surface area is 105 Å². The van der Waals surface area contributed by atoms with Gasteiger partial charge in [-0.3, -0.25) is 4.79 Å². The van der Waals surface area contributed by atoms with Crippen molar-refractivity contribution in [2.45, 2.75) is 46.5 Å². The normalized spacial score (nSPS) is 11.5. The Morgan fingerprint density at radius 2 is 1.76 bits per heavy atom. The molecule has 0 atom stereocenters. The zero-order valence-corrected chi connectivity index (χ0v) is 11.5. The minimum Gasteiger partial charge on any atom is -0.463 e. The van der Waals surface area contributed by atoms with Gasteiger partial charge in [-0.25, -0.2) is 0 Å². The van der Waals surface area contributed by atoms with Crippen LogP contribution in [0.25, 0.3) is 0 Å². The number of ether oxygens (including phenoxy) is 2. The van der Waals surface area contributed by atoms with Crippen molar-refractivity contribution in [2.24, 2.45) is 11.1 Å². The van der Waals surface area contributed by atoms with Crippen LogP contribution in [0.2, 0.25) is 0 Å². The van der Waals surface area contributed by atoms with Crippen LogP contribution in [0.15, 0.2) is 0 Å². The number of nitrogens with two attached hydrogens (primary N) is 1. The molecule has 0 aliphatic heterocycles. The predicted octanol–water partition coefficient (Wildman–Crippen LogP) is 2.11. The van der Waals surface area contributed by atoms with Gasteiger partial charge in [0, 0.05) is 13.2 Å². The first-order chi connectivity index (χ1) is 8.16. The smallest absolute Gasteiger partial charge is 0.313 e. The van der Waals surface area contributed by atoms with E-state index in [9.17, 15) is 4.79 Å². The summed E-state index contributed by atoms with van der Waals surface area (Å²) in [5.74, 6) is -0.191. The van der Waals surface area contributed by atoms with Crippen molar-refractivity contribution in [3.8, 4) is 0 Å². The number of carbonyl (C=O) groups excluding carboxylic acids is 1. The van der Waals surface area contributed by atoms with Crippen LogP contribution in [0.5, 0.6) is 0 Å². The molecule has 0 rings (SSSR count). The van der Waals surface area contributed by atoms with Crippen molar-refractivity contribution in [1.82, 2.24) is 0 Å². The molecule has 4 nitrogen and oxygen atoms in total. The maximum absolute atomic E-state index is 11.9. The molecule has 0 aliphatic rings. The van der Waals surface area contributed by atoms with Gasteiger partial charge in [0.15, 0.2) is 0 Å². The van der Waals surface area contributed by atoms with Crippen LogP contribution in [-0.4, -0.2) is 32.3 Å². The minimum absolute atomic E-state index is 0.191. The molecule has 0 aliphatic carbocycles. The maximum atomic E-state index is 11.9. The van der Waals surface area contributed by atoms with E-state index in [1.807, 2.05) is 13.8 Å². The third-order valence-electron chi connectivity index (χ3n) is 3.28. The minimum atomic E-state index is -0.510. The van der Waals surface area contributed by atoms with Crippen LogP contribution in [0.4, 0.5) is 0 Å². The Balaban J connectivity index is 3.83. The molecular formula is C13H27NO3. The van der Waals surface area contributed by atoms with Gasteiger partial charge in [0.25, 0.3) is 0 Å². The van der Waals surface area contributed by atoms with E-state index in [1.54, 1.807) is 0 Å². The average molecular weight is 245 g/mol. The molecule has 0 aromatic heterocycles. The van der Waals surface area contributed by atoms with Crippen molar-refractivity contribution >= 4 is 5.97 Å². The van der Waals surface area contributed by atoms with E-state index < -0.39 is 5.41 Å². The van der Waals surface area contributed by atoms with Crippen molar-refractivity contribution < 1.29 is 14.3 Å². The van der Waals surface area contributed by atoms with Crippen molar-refractivity contribution in [2.75, 3.05) is 26.4 Å². The van der Waals surface area contributed by atoms with E-state index in [0.717, 1.165) is 32.3 Å². The summed E-state index contributed by atoms with van der Waals surface area (Å²) in [4.78, 5) is 11.9. The molecule has 0 unspecified atom stereocenters. The number of hydrogen-bond donors (Lipinski definition) is 1. The van der Waals surface area contributed by atoms with E-state index in [2.05, 4.69) is 6.92 Å². The SMILES string of the molecule is CCCCOCCOC(=O)C(CC)(CC)CN. The van der Waals surface area contributed by atoms with Crippen LogP contribution in [0.3, 0.4) is 0 Å². The quantitative estimate of drug-likeness (QED) is 0.473. The Morgan fingerprint density at radius 3 is 2.24 bits per heavy atom.